The predicted octanol–water partition coefficient (Wildman–Crippen LogP) is 4.77. The number of benzene rings is 2. The lowest BCUT2D eigenvalue weighted by Gasteiger charge is -2.45. The van der Waals surface area contributed by atoms with Crippen molar-refractivity contribution in [2.75, 3.05) is 6.54 Å². The molecule has 0 radical (unpaired) electrons. The van der Waals surface area contributed by atoms with E-state index in [-0.39, 0.29) is 30.1 Å². The van der Waals surface area contributed by atoms with Gasteiger partial charge in [-0.25, -0.2) is 4.39 Å². The van der Waals surface area contributed by atoms with Crippen LogP contribution in [0.3, 0.4) is 0 Å². The maximum Gasteiger partial charge on any atom is 0.315 e. The van der Waals surface area contributed by atoms with Gasteiger partial charge < -0.3 is 14.2 Å². The highest BCUT2D eigenvalue weighted by atomic mass is 19.3. The van der Waals surface area contributed by atoms with E-state index >= 15 is 0 Å². The summed E-state index contributed by atoms with van der Waals surface area (Å²) in [7, 11) is 0. The minimum absolute atomic E-state index is 0.0739. The van der Waals surface area contributed by atoms with E-state index < -0.39 is 48.5 Å². The van der Waals surface area contributed by atoms with E-state index in [1.54, 1.807) is 12.1 Å². The van der Waals surface area contributed by atoms with E-state index in [2.05, 4.69) is 10.2 Å². The van der Waals surface area contributed by atoms with Gasteiger partial charge in [0.2, 0.25) is 5.89 Å². The van der Waals surface area contributed by atoms with Gasteiger partial charge in [-0.2, -0.15) is 17.6 Å². The van der Waals surface area contributed by atoms with Crippen molar-refractivity contribution in [3.63, 3.8) is 0 Å². The maximum absolute atomic E-state index is 13.6. The third-order valence-corrected chi connectivity index (χ3v) is 6.50. The molecular weight excluding hydrogens is 487 g/mol. The van der Waals surface area contributed by atoms with Crippen molar-refractivity contribution < 1.29 is 36.0 Å². The lowest BCUT2D eigenvalue weighted by molar-refractivity contribution is -0.149. The van der Waals surface area contributed by atoms with Gasteiger partial charge in [0.05, 0.1) is 12.1 Å². The number of likely N-dealkylation sites (tertiary alicyclic amines) is 1. The molecular formula is C24H19F5N4O3. The van der Waals surface area contributed by atoms with Crippen LogP contribution in [0.15, 0.2) is 46.9 Å². The van der Waals surface area contributed by atoms with Gasteiger partial charge in [-0.15, -0.1) is 10.2 Å². The van der Waals surface area contributed by atoms with E-state index in [0.29, 0.717) is 24.0 Å². The Morgan fingerprint density at radius 1 is 1.06 bits per heavy atom. The second kappa shape index (κ2) is 9.32. The molecule has 2 aliphatic rings. The SMILES string of the molecule is O=C1c2cc(-c3nnc(C(F)F)o3)ccc2CN1C1CCCN(C(=O)C(F)F)C1c1ccc(F)cc1. The molecule has 1 aromatic heterocycles. The Morgan fingerprint density at radius 2 is 1.81 bits per heavy atom. The molecule has 0 saturated carbocycles. The summed E-state index contributed by atoms with van der Waals surface area (Å²) in [5, 5.41) is 6.90. The van der Waals surface area contributed by atoms with Gasteiger partial charge in [0, 0.05) is 24.2 Å². The third-order valence-electron chi connectivity index (χ3n) is 6.50. The Hall–Kier alpha value is -3.83. The molecule has 7 nitrogen and oxygen atoms in total. The number of carbonyl (C=O) groups excluding carboxylic acids is 2. The maximum atomic E-state index is 13.6. The van der Waals surface area contributed by atoms with Crippen LogP contribution in [0.2, 0.25) is 0 Å². The van der Waals surface area contributed by atoms with Crippen molar-refractivity contribution in [3.05, 3.63) is 70.9 Å². The number of aromatic nitrogens is 2. The van der Waals surface area contributed by atoms with Crippen LogP contribution in [-0.2, 0) is 11.3 Å². The molecule has 5 rings (SSSR count). The molecule has 2 atom stereocenters. The monoisotopic (exact) mass is 506 g/mol. The van der Waals surface area contributed by atoms with E-state index in [9.17, 15) is 31.5 Å². The van der Waals surface area contributed by atoms with E-state index in [1.165, 1.54) is 35.2 Å². The number of hydrogen-bond donors (Lipinski definition) is 0. The average Bonchev–Trinajstić information content (AvgIpc) is 3.49. The van der Waals surface area contributed by atoms with Crippen molar-refractivity contribution in [1.82, 2.24) is 20.0 Å². The molecule has 0 aliphatic carbocycles. The molecule has 2 aliphatic heterocycles. The standard InChI is InChI=1S/C24H19F5N4O3/c25-15-7-5-12(6-8-15)18-17(2-1-9-32(18)24(35)20(28)29)33-11-14-4-3-13(10-16(14)23(33)34)21-30-31-22(36-21)19(26)27/h3-8,10,17-20H,1-2,9,11H2. The third kappa shape index (κ3) is 4.20. The lowest BCUT2D eigenvalue weighted by Crippen LogP contribution is -2.53. The number of alkyl halides is 4. The average molecular weight is 506 g/mol. The van der Waals surface area contributed by atoms with Crippen LogP contribution in [0.25, 0.3) is 11.5 Å². The Bertz CT molecular complexity index is 1300. The first-order valence-corrected chi connectivity index (χ1v) is 11.1. The second-order valence-electron chi connectivity index (χ2n) is 8.59. The van der Waals surface area contributed by atoms with Gasteiger partial charge in [-0.3, -0.25) is 9.59 Å². The number of fused-ring (bicyclic) bond motifs is 1. The van der Waals surface area contributed by atoms with Crippen LogP contribution in [0.1, 0.15) is 52.7 Å². The highest BCUT2D eigenvalue weighted by molar-refractivity contribution is 5.99. The fourth-order valence-electron chi connectivity index (χ4n) is 4.90. The molecule has 3 aromatic rings. The fourth-order valence-corrected chi connectivity index (χ4v) is 4.90. The fraction of sp³-hybridized carbons (Fsp3) is 0.333. The summed E-state index contributed by atoms with van der Waals surface area (Å²) < 4.78 is 71.0. The van der Waals surface area contributed by atoms with Crippen LogP contribution in [0, 0.1) is 5.82 Å². The van der Waals surface area contributed by atoms with Gasteiger partial charge in [0.1, 0.15) is 5.82 Å². The molecule has 0 N–H and O–H groups in total. The Kier molecular flexibility index (Phi) is 6.19. The molecule has 1 saturated heterocycles. The highest BCUT2D eigenvalue weighted by Crippen LogP contribution is 2.40. The minimum atomic E-state index is -3.23. The first-order chi connectivity index (χ1) is 17.2. The molecule has 2 aromatic carbocycles. The van der Waals surface area contributed by atoms with Crippen molar-refractivity contribution in [1.29, 1.82) is 0 Å². The first kappa shape index (κ1) is 23.9. The van der Waals surface area contributed by atoms with Crippen molar-refractivity contribution in [2.45, 2.75) is 44.3 Å². The largest absolute Gasteiger partial charge is 0.415 e. The van der Waals surface area contributed by atoms with E-state index in [0.717, 1.165) is 4.90 Å². The zero-order valence-corrected chi connectivity index (χ0v) is 18.6. The molecule has 3 heterocycles. The number of piperidine rings is 1. The smallest absolute Gasteiger partial charge is 0.315 e. The molecule has 12 heteroatoms. The summed E-state index contributed by atoms with van der Waals surface area (Å²) >= 11 is 0. The summed E-state index contributed by atoms with van der Waals surface area (Å²) in [4.78, 5) is 28.4. The summed E-state index contributed by atoms with van der Waals surface area (Å²) in [5.74, 6) is -3.30. The van der Waals surface area contributed by atoms with Crippen LogP contribution in [0.5, 0.6) is 0 Å². The first-order valence-electron chi connectivity index (χ1n) is 11.1. The Balaban J connectivity index is 1.48. The summed E-state index contributed by atoms with van der Waals surface area (Å²) in [6.45, 7) is 0.226. The van der Waals surface area contributed by atoms with E-state index in [1.807, 2.05) is 0 Å². The molecule has 36 heavy (non-hydrogen) atoms. The normalized spacial score (nSPS) is 19.9. The highest BCUT2D eigenvalue weighted by Gasteiger charge is 2.44. The van der Waals surface area contributed by atoms with Gasteiger partial charge in [-0.05, 0) is 48.2 Å². The second-order valence-corrected chi connectivity index (χ2v) is 8.59. The number of carbonyl (C=O) groups is 2. The van der Waals surface area contributed by atoms with Gasteiger partial charge in [-0.1, -0.05) is 18.2 Å². The lowest BCUT2D eigenvalue weighted by atomic mass is 9.89. The quantitative estimate of drug-likeness (QED) is 0.466. The minimum Gasteiger partial charge on any atom is -0.415 e. The number of amides is 2. The Labute approximate surface area is 201 Å². The number of hydrogen-bond acceptors (Lipinski definition) is 5. The van der Waals surface area contributed by atoms with Gasteiger partial charge >= 0.3 is 12.9 Å². The summed E-state index contributed by atoms with van der Waals surface area (Å²) in [6, 6.07) is 8.30. The van der Waals surface area contributed by atoms with Crippen LogP contribution in [0.4, 0.5) is 22.0 Å². The van der Waals surface area contributed by atoms with Crippen molar-refractivity contribution in [2.24, 2.45) is 0 Å². The van der Waals surface area contributed by atoms with Crippen molar-refractivity contribution >= 4 is 11.8 Å². The molecule has 0 bridgehead atoms. The number of rotatable bonds is 5. The van der Waals surface area contributed by atoms with E-state index in [4.69, 9.17) is 4.42 Å². The van der Waals surface area contributed by atoms with Crippen LogP contribution < -0.4 is 0 Å². The topological polar surface area (TPSA) is 79.5 Å². The van der Waals surface area contributed by atoms with Crippen molar-refractivity contribution in [3.8, 4) is 11.5 Å². The molecule has 188 valence electrons. The van der Waals surface area contributed by atoms with Crippen LogP contribution >= 0.6 is 0 Å². The van der Waals surface area contributed by atoms with Gasteiger partial charge in [0.15, 0.2) is 0 Å². The summed E-state index contributed by atoms with van der Waals surface area (Å²) in [6.07, 6.45) is -5.34. The summed E-state index contributed by atoms with van der Waals surface area (Å²) in [5.41, 5.74) is 1.62. The predicted molar refractivity (Wildman–Crippen MR) is 114 cm³/mol. The number of nitrogens with zero attached hydrogens (tertiary/aromatic N) is 4. The van der Waals surface area contributed by atoms with Gasteiger partial charge in [0.25, 0.3) is 17.7 Å². The molecule has 1 fully saturated rings. The van der Waals surface area contributed by atoms with Crippen LogP contribution in [-0.4, -0.2) is 50.8 Å². The molecule has 2 amide bonds. The Morgan fingerprint density at radius 3 is 2.47 bits per heavy atom. The zero-order valence-electron chi connectivity index (χ0n) is 18.6. The molecule has 0 spiro atoms. The number of halogens is 5. The molecule has 2 unspecified atom stereocenters. The zero-order chi connectivity index (χ0) is 25.6.